The van der Waals surface area contributed by atoms with Crippen LogP contribution in [-0.4, -0.2) is 43.6 Å². The Kier molecular flexibility index (Phi) is 4.41. The molecular formula is C17H23N5O. The van der Waals surface area contributed by atoms with Crippen LogP contribution in [-0.2, 0) is 11.2 Å². The van der Waals surface area contributed by atoms with E-state index < -0.39 is 0 Å². The number of likely N-dealkylation sites (tertiary alicyclic amines) is 1. The maximum Gasteiger partial charge on any atom is 0.219 e. The molecule has 1 aliphatic rings. The molecule has 1 fully saturated rings. The predicted molar refractivity (Wildman–Crippen MR) is 87.7 cm³/mol. The molecule has 0 radical (unpaired) electrons. The first-order valence-corrected chi connectivity index (χ1v) is 8.14. The number of rotatable bonds is 4. The van der Waals surface area contributed by atoms with Crippen LogP contribution in [0.2, 0.25) is 0 Å². The van der Waals surface area contributed by atoms with Crippen molar-refractivity contribution in [3.63, 3.8) is 0 Å². The lowest BCUT2D eigenvalue weighted by Gasteiger charge is -2.13. The molecule has 1 unspecified atom stereocenters. The number of amides is 1. The van der Waals surface area contributed by atoms with Crippen LogP contribution in [0.3, 0.4) is 0 Å². The average molecular weight is 313 g/mol. The summed E-state index contributed by atoms with van der Waals surface area (Å²) >= 11 is 0. The fourth-order valence-corrected chi connectivity index (χ4v) is 2.94. The Bertz CT molecular complexity index is 677. The zero-order chi connectivity index (χ0) is 16.4. The average Bonchev–Trinajstić information content (AvgIpc) is 3.17. The molecule has 0 N–H and O–H groups in total. The van der Waals surface area contributed by atoms with Gasteiger partial charge in [-0.05, 0) is 32.6 Å². The van der Waals surface area contributed by atoms with Crippen molar-refractivity contribution in [2.75, 3.05) is 13.1 Å². The van der Waals surface area contributed by atoms with Gasteiger partial charge in [0, 0.05) is 44.0 Å². The Hall–Kier alpha value is -2.24. The van der Waals surface area contributed by atoms with Gasteiger partial charge >= 0.3 is 0 Å². The van der Waals surface area contributed by atoms with Crippen LogP contribution < -0.4 is 0 Å². The van der Waals surface area contributed by atoms with E-state index >= 15 is 0 Å². The standard InChI is InChI=1S/C17H23N5O/c1-12(2)22-11-15(7-20-22)17-9-18-16(8-19-17)6-14-4-5-21(10-14)13(3)23/h7-9,11-12,14H,4-6,10H2,1-3H3. The molecule has 122 valence electrons. The zero-order valence-electron chi connectivity index (χ0n) is 13.9. The number of hydrogen-bond donors (Lipinski definition) is 0. The maximum atomic E-state index is 11.4. The predicted octanol–water partition coefficient (Wildman–Crippen LogP) is 2.33. The van der Waals surface area contributed by atoms with Gasteiger partial charge in [-0.15, -0.1) is 0 Å². The van der Waals surface area contributed by atoms with Crippen LogP contribution >= 0.6 is 0 Å². The first-order chi connectivity index (χ1) is 11.0. The topological polar surface area (TPSA) is 63.9 Å². The molecule has 0 saturated carbocycles. The second kappa shape index (κ2) is 6.48. The molecule has 0 bridgehead atoms. The van der Waals surface area contributed by atoms with E-state index in [0.717, 1.165) is 42.9 Å². The Morgan fingerprint density at radius 1 is 1.30 bits per heavy atom. The summed E-state index contributed by atoms with van der Waals surface area (Å²) in [4.78, 5) is 22.4. The van der Waals surface area contributed by atoms with Crippen molar-refractivity contribution in [3.8, 4) is 11.3 Å². The first kappa shape index (κ1) is 15.6. The van der Waals surface area contributed by atoms with E-state index in [-0.39, 0.29) is 5.91 Å². The van der Waals surface area contributed by atoms with Gasteiger partial charge in [-0.1, -0.05) is 0 Å². The highest BCUT2D eigenvalue weighted by atomic mass is 16.2. The molecular weight excluding hydrogens is 290 g/mol. The molecule has 1 atom stereocenters. The lowest BCUT2D eigenvalue weighted by atomic mass is 10.0. The van der Waals surface area contributed by atoms with E-state index in [1.807, 2.05) is 34.4 Å². The second-order valence-electron chi connectivity index (χ2n) is 6.52. The van der Waals surface area contributed by atoms with E-state index in [9.17, 15) is 4.79 Å². The lowest BCUT2D eigenvalue weighted by Crippen LogP contribution is -2.26. The summed E-state index contributed by atoms with van der Waals surface area (Å²) < 4.78 is 1.92. The summed E-state index contributed by atoms with van der Waals surface area (Å²) in [5.74, 6) is 0.652. The summed E-state index contributed by atoms with van der Waals surface area (Å²) in [6.45, 7) is 7.52. The molecule has 6 nitrogen and oxygen atoms in total. The Balaban J connectivity index is 1.64. The first-order valence-electron chi connectivity index (χ1n) is 8.14. The third-order valence-electron chi connectivity index (χ3n) is 4.36. The molecule has 1 saturated heterocycles. The molecule has 2 aromatic heterocycles. The fourth-order valence-electron chi connectivity index (χ4n) is 2.94. The number of carbonyl (C=O) groups is 1. The van der Waals surface area contributed by atoms with E-state index in [2.05, 4.69) is 28.9 Å². The van der Waals surface area contributed by atoms with Crippen molar-refractivity contribution in [2.45, 2.75) is 39.7 Å². The highest BCUT2D eigenvalue weighted by molar-refractivity contribution is 5.73. The largest absolute Gasteiger partial charge is 0.343 e. The van der Waals surface area contributed by atoms with Gasteiger partial charge in [-0.25, -0.2) is 0 Å². The minimum atomic E-state index is 0.163. The Morgan fingerprint density at radius 3 is 2.70 bits per heavy atom. The highest BCUT2D eigenvalue weighted by Gasteiger charge is 2.24. The monoisotopic (exact) mass is 313 g/mol. The van der Waals surface area contributed by atoms with Crippen LogP contribution in [0.25, 0.3) is 11.3 Å². The van der Waals surface area contributed by atoms with Crippen molar-refractivity contribution >= 4 is 5.91 Å². The third kappa shape index (κ3) is 3.57. The maximum absolute atomic E-state index is 11.4. The SMILES string of the molecule is CC(=O)N1CCC(Cc2cnc(-c3cnn(C(C)C)c3)cn2)C1. The third-order valence-corrected chi connectivity index (χ3v) is 4.36. The van der Waals surface area contributed by atoms with E-state index in [0.29, 0.717) is 12.0 Å². The molecule has 3 rings (SSSR count). The van der Waals surface area contributed by atoms with Crippen LogP contribution in [0.5, 0.6) is 0 Å². The Morgan fingerprint density at radius 2 is 2.13 bits per heavy atom. The lowest BCUT2D eigenvalue weighted by molar-refractivity contribution is -0.127. The quantitative estimate of drug-likeness (QED) is 0.869. The van der Waals surface area contributed by atoms with Gasteiger partial charge in [-0.3, -0.25) is 19.4 Å². The number of nitrogens with zero attached hydrogens (tertiary/aromatic N) is 5. The van der Waals surface area contributed by atoms with Crippen LogP contribution in [0.1, 0.15) is 38.9 Å². The minimum Gasteiger partial charge on any atom is -0.343 e. The van der Waals surface area contributed by atoms with E-state index in [1.165, 1.54) is 0 Å². The molecule has 0 aliphatic carbocycles. The van der Waals surface area contributed by atoms with Gasteiger partial charge < -0.3 is 4.90 Å². The smallest absolute Gasteiger partial charge is 0.219 e. The molecule has 3 heterocycles. The van der Waals surface area contributed by atoms with E-state index in [1.54, 1.807) is 6.92 Å². The van der Waals surface area contributed by atoms with Gasteiger partial charge in [0.05, 0.1) is 23.8 Å². The normalized spacial score (nSPS) is 17.9. The van der Waals surface area contributed by atoms with Gasteiger partial charge in [-0.2, -0.15) is 5.10 Å². The van der Waals surface area contributed by atoms with Crippen LogP contribution in [0, 0.1) is 5.92 Å². The molecule has 1 aliphatic heterocycles. The van der Waals surface area contributed by atoms with Gasteiger partial charge in [0.25, 0.3) is 0 Å². The fraction of sp³-hybridized carbons (Fsp3) is 0.529. The molecule has 1 amide bonds. The summed E-state index contributed by atoms with van der Waals surface area (Å²) in [6, 6.07) is 0.336. The van der Waals surface area contributed by atoms with Gasteiger partial charge in [0.1, 0.15) is 0 Å². The Labute approximate surface area is 136 Å². The summed E-state index contributed by atoms with van der Waals surface area (Å²) in [7, 11) is 0. The van der Waals surface area contributed by atoms with Crippen LogP contribution in [0.15, 0.2) is 24.8 Å². The number of hydrogen-bond acceptors (Lipinski definition) is 4. The summed E-state index contributed by atoms with van der Waals surface area (Å²) in [6.07, 6.45) is 9.40. The van der Waals surface area contributed by atoms with Gasteiger partial charge in [0.2, 0.25) is 5.91 Å². The van der Waals surface area contributed by atoms with Crippen molar-refractivity contribution < 1.29 is 4.79 Å². The van der Waals surface area contributed by atoms with Crippen LogP contribution in [0.4, 0.5) is 0 Å². The molecule has 6 heteroatoms. The van der Waals surface area contributed by atoms with Crippen molar-refractivity contribution in [1.29, 1.82) is 0 Å². The van der Waals surface area contributed by atoms with Crippen molar-refractivity contribution in [3.05, 3.63) is 30.5 Å². The van der Waals surface area contributed by atoms with E-state index in [4.69, 9.17) is 0 Å². The number of carbonyl (C=O) groups excluding carboxylic acids is 1. The minimum absolute atomic E-state index is 0.163. The second-order valence-corrected chi connectivity index (χ2v) is 6.52. The van der Waals surface area contributed by atoms with Crippen molar-refractivity contribution in [2.24, 2.45) is 5.92 Å². The highest BCUT2D eigenvalue weighted by Crippen LogP contribution is 2.21. The summed E-state index contributed by atoms with van der Waals surface area (Å²) in [5, 5.41) is 4.33. The molecule has 0 aromatic carbocycles. The molecule has 0 spiro atoms. The number of aromatic nitrogens is 4. The van der Waals surface area contributed by atoms with Gasteiger partial charge in [0.15, 0.2) is 0 Å². The molecule has 2 aromatic rings. The summed E-state index contributed by atoms with van der Waals surface area (Å²) in [5.41, 5.74) is 2.82. The zero-order valence-corrected chi connectivity index (χ0v) is 13.9. The van der Waals surface area contributed by atoms with Crippen molar-refractivity contribution in [1.82, 2.24) is 24.6 Å². The molecule has 23 heavy (non-hydrogen) atoms.